The fraction of sp³-hybridized carbons (Fsp3) is 0.467. The van der Waals surface area contributed by atoms with Crippen LogP contribution in [-0.4, -0.2) is 6.54 Å². The first-order chi connectivity index (χ1) is 7.81. The van der Waals surface area contributed by atoms with Gasteiger partial charge in [0.15, 0.2) is 0 Å². The molecule has 0 aliphatic rings. The Morgan fingerprint density at radius 2 is 2.19 bits per heavy atom. The van der Waals surface area contributed by atoms with Crippen LogP contribution in [0.1, 0.15) is 43.9 Å². The SMILES string of the molecule is C=CCC(NCCC)c1cccc(CC)c1. The monoisotopic (exact) mass is 217 g/mol. The van der Waals surface area contributed by atoms with E-state index in [1.165, 1.54) is 17.5 Å². The molecule has 1 unspecified atom stereocenters. The summed E-state index contributed by atoms with van der Waals surface area (Å²) in [6, 6.07) is 9.27. The lowest BCUT2D eigenvalue weighted by Gasteiger charge is -2.18. The third-order valence-electron chi connectivity index (χ3n) is 2.80. The molecule has 1 N–H and O–H groups in total. The summed E-state index contributed by atoms with van der Waals surface area (Å²) < 4.78 is 0. The minimum Gasteiger partial charge on any atom is -0.310 e. The topological polar surface area (TPSA) is 12.0 Å². The number of aryl methyl sites for hydroxylation is 1. The van der Waals surface area contributed by atoms with Crippen LogP contribution in [0.4, 0.5) is 0 Å². The molecule has 0 bridgehead atoms. The zero-order chi connectivity index (χ0) is 11.8. The molecule has 0 radical (unpaired) electrons. The maximum Gasteiger partial charge on any atom is 0.0354 e. The summed E-state index contributed by atoms with van der Waals surface area (Å²) in [7, 11) is 0. The van der Waals surface area contributed by atoms with Crippen LogP contribution >= 0.6 is 0 Å². The summed E-state index contributed by atoms with van der Waals surface area (Å²) in [6.07, 6.45) is 5.25. The van der Waals surface area contributed by atoms with Gasteiger partial charge in [-0.05, 0) is 36.9 Å². The van der Waals surface area contributed by atoms with Crippen molar-refractivity contribution in [1.82, 2.24) is 5.32 Å². The molecule has 1 nitrogen and oxygen atoms in total. The Kier molecular flexibility index (Phi) is 5.87. The third-order valence-corrected chi connectivity index (χ3v) is 2.80. The van der Waals surface area contributed by atoms with Crippen LogP contribution in [0.25, 0.3) is 0 Å². The van der Waals surface area contributed by atoms with Crippen LogP contribution in [0.5, 0.6) is 0 Å². The molecule has 1 atom stereocenters. The minimum atomic E-state index is 0.420. The lowest BCUT2D eigenvalue weighted by atomic mass is 10.0. The second kappa shape index (κ2) is 7.24. The molecule has 0 spiro atoms. The maximum absolute atomic E-state index is 3.84. The zero-order valence-corrected chi connectivity index (χ0v) is 10.5. The van der Waals surface area contributed by atoms with Crippen LogP contribution in [0.3, 0.4) is 0 Å². The molecule has 1 heteroatoms. The first-order valence-corrected chi connectivity index (χ1v) is 6.24. The molecule has 0 aliphatic heterocycles. The van der Waals surface area contributed by atoms with Crippen molar-refractivity contribution in [1.29, 1.82) is 0 Å². The molecule has 0 saturated heterocycles. The first-order valence-electron chi connectivity index (χ1n) is 6.24. The van der Waals surface area contributed by atoms with E-state index in [1.807, 2.05) is 6.08 Å². The summed E-state index contributed by atoms with van der Waals surface area (Å²) >= 11 is 0. The van der Waals surface area contributed by atoms with Crippen LogP contribution in [0.2, 0.25) is 0 Å². The van der Waals surface area contributed by atoms with Crippen molar-refractivity contribution in [3.05, 3.63) is 48.0 Å². The Morgan fingerprint density at radius 1 is 1.38 bits per heavy atom. The lowest BCUT2D eigenvalue weighted by molar-refractivity contribution is 0.537. The molecule has 0 saturated carbocycles. The van der Waals surface area contributed by atoms with E-state index >= 15 is 0 Å². The second-order valence-corrected chi connectivity index (χ2v) is 4.13. The van der Waals surface area contributed by atoms with Crippen LogP contribution in [0.15, 0.2) is 36.9 Å². The van der Waals surface area contributed by atoms with Gasteiger partial charge >= 0.3 is 0 Å². The van der Waals surface area contributed by atoms with Gasteiger partial charge in [-0.2, -0.15) is 0 Å². The van der Waals surface area contributed by atoms with E-state index in [-0.39, 0.29) is 0 Å². The molecule has 16 heavy (non-hydrogen) atoms. The average molecular weight is 217 g/mol. The molecule has 0 aromatic heterocycles. The molecule has 88 valence electrons. The summed E-state index contributed by atoms with van der Waals surface area (Å²) in [5.74, 6) is 0. The van der Waals surface area contributed by atoms with Gasteiger partial charge in [0.25, 0.3) is 0 Å². The Hall–Kier alpha value is -1.08. The van der Waals surface area contributed by atoms with Crippen molar-refractivity contribution in [3.8, 4) is 0 Å². The van der Waals surface area contributed by atoms with E-state index < -0.39 is 0 Å². The largest absolute Gasteiger partial charge is 0.310 e. The highest BCUT2D eigenvalue weighted by Gasteiger charge is 2.08. The maximum atomic E-state index is 3.84. The van der Waals surface area contributed by atoms with Crippen LogP contribution in [0, 0.1) is 0 Å². The quantitative estimate of drug-likeness (QED) is 0.684. The molecule has 0 aliphatic carbocycles. The standard InChI is InChI=1S/C15H23N/c1-4-8-15(16-11-5-2)14-10-7-9-13(6-3)12-14/h4,7,9-10,12,15-16H,1,5-6,8,11H2,2-3H3. The highest BCUT2D eigenvalue weighted by Crippen LogP contribution is 2.18. The molecular weight excluding hydrogens is 194 g/mol. The predicted octanol–water partition coefficient (Wildman–Crippen LogP) is 3.87. The molecule has 0 fully saturated rings. The third kappa shape index (κ3) is 3.82. The number of nitrogens with one attached hydrogen (secondary N) is 1. The fourth-order valence-corrected chi connectivity index (χ4v) is 1.85. The molecule has 1 rings (SSSR count). The van der Waals surface area contributed by atoms with Crippen LogP contribution < -0.4 is 5.32 Å². The minimum absolute atomic E-state index is 0.420. The number of rotatable bonds is 7. The smallest absolute Gasteiger partial charge is 0.0354 e. The van der Waals surface area contributed by atoms with Gasteiger partial charge in [0, 0.05) is 6.04 Å². The van der Waals surface area contributed by atoms with Crippen LogP contribution in [-0.2, 0) is 6.42 Å². The summed E-state index contributed by atoms with van der Waals surface area (Å²) in [5, 5.41) is 3.57. The van der Waals surface area contributed by atoms with Crippen molar-refractivity contribution in [3.63, 3.8) is 0 Å². The normalized spacial score (nSPS) is 12.4. The van der Waals surface area contributed by atoms with E-state index in [2.05, 4.69) is 50.0 Å². The molecular formula is C15H23N. The average Bonchev–Trinajstić information content (AvgIpc) is 2.34. The summed E-state index contributed by atoms with van der Waals surface area (Å²) in [4.78, 5) is 0. The summed E-state index contributed by atoms with van der Waals surface area (Å²) in [5.41, 5.74) is 2.79. The zero-order valence-electron chi connectivity index (χ0n) is 10.5. The fourth-order valence-electron chi connectivity index (χ4n) is 1.85. The Balaban J connectivity index is 2.77. The molecule has 1 aromatic carbocycles. The van der Waals surface area contributed by atoms with Gasteiger partial charge in [-0.15, -0.1) is 6.58 Å². The molecule has 0 heterocycles. The van der Waals surface area contributed by atoms with E-state index in [1.54, 1.807) is 0 Å². The van der Waals surface area contributed by atoms with Crippen molar-refractivity contribution in [2.24, 2.45) is 0 Å². The van der Waals surface area contributed by atoms with Gasteiger partial charge in [-0.1, -0.05) is 44.2 Å². The van der Waals surface area contributed by atoms with E-state index in [9.17, 15) is 0 Å². The van der Waals surface area contributed by atoms with Crippen molar-refractivity contribution >= 4 is 0 Å². The van der Waals surface area contributed by atoms with E-state index in [0.29, 0.717) is 6.04 Å². The number of hydrogen-bond donors (Lipinski definition) is 1. The van der Waals surface area contributed by atoms with Crippen molar-refractivity contribution in [2.45, 2.75) is 39.2 Å². The Labute approximate surface area is 99.6 Å². The Morgan fingerprint density at radius 3 is 2.81 bits per heavy atom. The van der Waals surface area contributed by atoms with Gasteiger partial charge in [0.1, 0.15) is 0 Å². The lowest BCUT2D eigenvalue weighted by Crippen LogP contribution is -2.21. The van der Waals surface area contributed by atoms with Gasteiger partial charge in [0.2, 0.25) is 0 Å². The molecule has 0 amide bonds. The van der Waals surface area contributed by atoms with Gasteiger partial charge in [0.05, 0.1) is 0 Å². The summed E-state index contributed by atoms with van der Waals surface area (Å²) in [6.45, 7) is 9.29. The number of benzene rings is 1. The van der Waals surface area contributed by atoms with Crippen molar-refractivity contribution < 1.29 is 0 Å². The van der Waals surface area contributed by atoms with E-state index in [0.717, 1.165) is 19.4 Å². The molecule has 1 aromatic rings. The van der Waals surface area contributed by atoms with Gasteiger partial charge in [-0.3, -0.25) is 0 Å². The second-order valence-electron chi connectivity index (χ2n) is 4.13. The van der Waals surface area contributed by atoms with Crippen molar-refractivity contribution in [2.75, 3.05) is 6.54 Å². The number of hydrogen-bond acceptors (Lipinski definition) is 1. The van der Waals surface area contributed by atoms with E-state index in [4.69, 9.17) is 0 Å². The predicted molar refractivity (Wildman–Crippen MR) is 71.7 cm³/mol. The highest BCUT2D eigenvalue weighted by atomic mass is 14.9. The highest BCUT2D eigenvalue weighted by molar-refractivity contribution is 5.26. The van der Waals surface area contributed by atoms with Gasteiger partial charge in [-0.25, -0.2) is 0 Å². The first kappa shape index (κ1) is 13.0. The Bertz CT molecular complexity index is 317. The van der Waals surface area contributed by atoms with Gasteiger partial charge < -0.3 is 5.32 Å².